The molecule has 108 valence electrons. The minimum absolute atomic E-state index is 0.554. The summed E-state index contributed by atoms with van der Waals surface area (Å²) in [5.41, 5.74) is 7.81. The third-order valence-electron chi connectivity index (χ3n) is 4.19. The van der Waals surface area contributed by atoms with E-state index in [0.717, 1.165) is 29.0 Å². The van der Waals surface area contributed by atoms with Crippen LogP contribution in [-0.2, 0) is 6.54 Å². The fraction of sp³-hybridized carbons (Fsp3) is 0.750. The Kier molecular flexibility index (Phi) is 3.25. The van der Waals surface area contributed by atoms with E-state index in [0.29, 0.717) is 12.1 Å². The third kappa shape index (κ3) is 2.16. The third-order valence-corrected chi connectivity index (χ3v) is 5.27. The maximum atomic E-state index is 4.56. The van der Waals surface area contributed by atoms with Gasteiger partial charge in [-0.05, 0) is 19.8 Å². The molecule has 1 aromatic rings. The second-order valence-electron chi connectivity index (χ2n) is 5.68. The van der Waals surface area contributed by atoms with E-state index in [1.54, 1.807) is 11.8 Å². The van der Waals surface area contributed by atoms with Gasteiger partial charge in [0, 0.05) is 23.5 Å². The summed E-state index contributed by atoms with van der Waals surface area (Å²) >= 11 is 1.70. The molecule has 3 heterocycles. The fourth-order valence-corrected chi connectivity index (χ4v) is 3.93. The first-order chi connectivity index (χ1) is 9.81. The van der Waals surface area contributed by atoms with E-state index in [1.165, 1.54) is 25.7 Å². The zero-order valence-corrected chi connectivity index (χ0v) is 12.4. The number of nitrogens with one attached hydrogen (secondary N) is 2. The number of aromatic nitrogens is 3. The maximum absolute atomic E-state index is 4.56. The van der Waals surface area contributed by atoms with Crippen molar-refractivity contribution < 1.29 is 0 Å². The Morgan fingerprint density at radius 1 is 1.30 bits per heavy atom. The first-order valence-corrected chi connectivity index (χ1v) is 8.19. The Bertz CT molecular complexity index is 540. The molecule has 4 rings (SSSR count). The number of hydrogen-bond acceptors (Lipinski definition) is 7. The second kappa shape index (κ2) is 5.10. The molecule has 2 N–H and O–H groups in total. The summed E-state index contributed by atoms with van der Waals surface area (Å²) in [5.74, 6) is 1.82. The summed E-state index contributed by atoms with van der Waals surface area (Å²) in [7, 11) is 0. The lowest BCUT2D eigenvalue weighted by molar-refractivity contribution is 0.141. The molecule has 2 fully saturated rings. The molecule has 1 saturated heterocycles. The van der Waals surface area contributed by atoms with Crippen molar-refractivity contribution >= 4 is 17.5 Å². The lowest BCUT2D eigenvalue weighted by Crippen LogP contribution is -2.40. The van der Waals surface area contributed by atoms with Gasteiger partial charge >= 0.3 is 0 Å². The van der Waals surface area contributed by atoms with E-state index in [-0.39, 0.29) is 0 Å². The summed E-state index contributed by atoms with van der Waals surface area (Å²) < 4.78 is 1.89. The highest BCUT2D eigenvalue weighted by molar-refractivity contribution is 7.99. The van der Waals surface area contributed by atoms with Crippen molar-refractivity contribution in [2.24, 2.45) is 5.10 Å². The molecule has 0 aromatic carbocycles. The second-order valence-corrected chi connectivity index (χ2v) is 6.62. The SMILES string of the molecule is CC1=Nn2c(CN3NNC4CCCCC43)nnc2SC1. The van der Waals surface area contributed by atoms with Crippen LogP contribution in [0.3, 0.4) is 0 Å². The molecule has 7 nitrogen and oxygen atoms in total. The van der Waals surface area contributed by atoms with Gasteiger partial charge in [-0.3, -0.25) is 0 Å². The zero-order valence-electron chi connectivity index (χ0n) is 11.5. The van der Waals surface area contributed by atoms with Gasteiger partial charge in [0.1, 0.15) is 0 Å². The number of rotatable bonds is 2. The first-order valence-electron chi connectivity index (χ1n) is 7.20. The lowest BCUT2D eigenvalue weighted by atomic mass is 9.91. The van der Waals surface area contributed by atoms with Crippen LogP contribution in [0.5, 0.6) is 0 Å². The van der Waals surface area contributed by atoms with Crippen LogP contribution in [-0.4, -0.2) is 43.4 Å². The molecule has 2 atom stereocenters. The lowest BCUT2D eigenvalue weighted by Gasteiger charge is -2.28. The van der Waals surface area contributed by atoms with E-state index in [2.05, 4.69) is 31.3 Å². The van der Waals surface area contributed by atoms with Crippen molar-refractivity contribution in [1.29, 1.82) is 0 Å². The normalized spacial score (nSPS) is 29.9. The van der Waals surface area contributed by atoms with Crippen molar-refractivity contribution in [3.05, 3.63) is 5.82 Å². The van der Waals surface area contributed by atoms with E-state index >= 15 is 0 Å². The smallest absolute Gasteiger partial charge is 0.212 e. The monoisotopic (exact) mass is 293 g/mol. The van der Waals surface area contributed by atoms with Gasteiger partial charge < -0.3 is 0 Å². The van der Waals surface area contributed by atoms with Gasteiger partial charge in [0.05, 0.1) is 6.54 Å². The Morgan fingerprint density at radius 2 is 2.20 bits per heavy atom. The molecule has 8 heteroatoms. The van der Waals surface area contributed by atoms with Crippen molar-refractivity contribution in [2.75, 3.05) is 5.75 Å². The van der Waals surface area contributed by atoms with Crippen LogP contribution in [0, 0.1) is 0 Å². The van der Waals surface area contributed by atoms with Crippen LogP contribution in [0.4, 0.5) is 0 Å². The zero-order chi connectivity index (χ0) is 13.5. The highest BCUT2D eigenvalue weighted by Crippen LogP contribution is 2.27. The summed E-state index contributed by atoms with van der Waals surface area (Å²) in [6.07, 6.45) is 5.12. The van der Waals surface area contributed by atoms with Crippen molar-refractivity contribution in [1.82, 2.24) is 30.8 Å². The number of hydrogen-bond donors (Lipinski definition) is 2. The molecule has 0 radical (unpaired) electrons. The van der Waals surface area contributed by atoms with Gasteiger partial charge in [-0.25, -0.2) is 10.4 Å². The van der Waals surface area contributed by atoms with Crippen LogP contribution in [0.15, 0.2) is 10.3 Å². The standard InChI is InChI=1S/C12H19N7S/c1-8-7-20-12-15-14-11(19(12)16-8)6-18-10-5-3-2-4-9(10)13-17-18/h9-10,13,17H,2-7H2,1H3. The molecule has 20 heavy (non-hydrogen) atoms. The Labute approximate surface area is 122 Å². The molecule has 2 aliphatic heterocycles. The predicted molar refractivity (Wildman–Crippen MR) is 77.1 cm³/mol. The Balaban J connectivity index is 1.54. The number of nitrogens with zero attached hydrogens (tertiary/aromatic N) is 5. The molecular weight excluding hydrogens is 274 g/mol. The molecule has 1 saturated carbocycles. The largest absolute Gasteiger partial charge is 0.239 e. The quantitative estimate of drug-likeness (QED) is 0.838. The van der Waals surface area contributed by atoms with Gasteiger partial charge in [-0.15, -0.1) is 10.2 Å². The average molecular weight is 293 g/mol. The van der Waals surface area contributed by atoms with Crippen LogP contribution in [0.2, 0.25) is 0 Å². The highest BCUT2D eigenvalue weighted by Gasteiger charge is 2.36. The first kappa shape index (κ1) is 12.8. The molecule has 0 amide bonds. The number of hydrazine groups is 2. The highest BCUT2D eigenvalue weighted by atomic mass is 32.2. The average Bonchev–Trinajstić information content (AvgIpc) is 3.05. The minimum atomic E-state index is 0.554. The van der Waals surface area contributed by atoms with Crippen molar-refractivity contribution in [3.8, 4) is 0 Å². The maximum Gasteiger partial charge on any atom is 0.212 e. The van der Waals surface area contributed by atoms with Crippen LogP contribution in [0.1, 0.15) is 38.4 Å². The molecule has 1 aliphatic carbocycles. The van der Waals surface area contributed by atoms with Crippen molar-refractivity contribution in [3.63, 3.8) is 0 Å². The van der Waals surface area contributed by atoms with E-state index in [1.807, 2.05) is 11.6 Å². The molecular formula is C12H19N7S. The Hall–Kier alpha value is -0.960. The minimum Gasteiger partial charge on any atom is -0.239 e. The van der Waals surface area contributed by atoms with Crippen LogP contribution in [0.25, 0.3) is 0 Å². The van der Waals surface area contributed by atoms with Gasteiger partial charge in [0.2, 0.25) is 5.16 Å². The molecule has 0 bridgehead atoms. The topological polar surface area (TPSA) is 70.4 Å². The summed E-state index contributed by atoms with van der Waals surface area (Å²) in [4.78, 5) is 0. The summed E-state index contributed by atoms with van der Waals surface area (Å²) in [5, 5.41) is 16.3. The fourth-order valence-electron chi connectivity index (χ4n) is 3.16. The molecule has 3 aliphatic rings. The summed E-state index contributed by atoms with van der Waals surface area (Å²) in [6.45, 7) is 2.78. The Morgan fingerprint density at radius 3 is 3.15 bits per heavy atom. The number of thioether (sulfide) groups is 1. The van der Waals surface area contributed by atoms with E-state index in [4.69, 9.17) is 0 Å². The van der Waals surface area contributed by atoms with E-state index in [9.17, 15) is 0 Å². The van der Waals surface area contributed by atoms with Crippen LogP contribution >= 0.6 is 11.8 Å². The van der Waals surface area contributed by atoms with E-state index < -0.39 is 0 Å². The van der Waals surface area contributed by atoms with Gasteiger partial charge in [0.25, 0.3) is 0 Å². The molecule has 1 aromatic heterocycles. The van der Waals surface area contributed by atoms with Gasteiger partial charge in [-0.1, -0.05) is 24.6 Å². The van der Waals surface area contributed by atoms with Gasteiger partial charge in [-0.2, -0.15) is 15.3 Å². The predicted octanol–water partition coefficient (Wildman–Crippen LogP) is 0.744. The molecule has 2 unspecified atom stereocenters. The van der Waals surface area contributed by atoms with Crippen LogP contribution < -0.4 is 11.0 Å². The molecule has 0 spiro atoms. The van der Waals surface area contributed by atoms with Crippen molar-refractivity contribution in [2.45, 2.75) is 56.4 Å². The van der Waals surface area contributed by atoms with Gasteiger partial charge in [0.15, 0.2) is 5.82 Å². The number of fused-ring (bicyclic) bond motifs is 2. The summed E-state index contributed by atoms with van der Waals surface area (Å²) in [6, 6.07) is 1.12.